The predicted molar refractivity (Wildman–Crippen MR) is 128 cm³/mol. The average molecular weight is 637 g/mol. The van der Waals surface area contributed by atoms with E-state index >= 15 is 0 Å². The second kappa shape index (κ2) is 14.7. The lowest BCUT2D eigenvalue weighted by atomic mass is 9.96. The summed E-state index contributed by atoms with van der Waals surface area (Å²) >= 11 is 0. The fourth-order valence-corrected chi connectivity index (χ4v) is 5.23. The Bertz CT molecular complexity index is 865. The molecule has 19 atom stereocenters. The van der Waals surface area contributed by atoms with Crippen LogP contribution in [0.3, 0.4) is 0 Å². The highest BCUT2D eigenvalue weighted by Crippen LogP contribution is 2.33. The molecular weight excluding hydrogens is 596 g/mol. The Labute approximate surface area is 243 Å². The van der Waals surface area contributed by atoms with Crippen LogP contribution in [0.5, 0.6) is 0 Å². The van der Waals surface area contributed by atoms with Crippen LogP contribution in [0.15, 0.2) is 0 Å². The normalized spacial score (nSPS) is 53.1. The maximum atomic E-state index is 10.8. The van der Waals surface area contributed by atoms with Gasteiger partial charge in [0.25, 0.3) is 0 Å². The zero-order chi connectivity index (χ0) is 31.7. The van der Waals surface area contributed by atoms with Gasteiger partial charge in [0, 0.05) is 0 Å². The van der Waals surface area contributed by atoms with E-state index in [4.69, 9.17) is 33.2 Å². The fraction of sp³-hybridized carbons (Fsp3) is 1.00. The molecule has 4 aliphatic heterocycles. The van der Waals surface area contributed by atoms with E-state index in [0.29, 0.717) is 0 Å². The van der Waals surface area contributed by atoms with Crippen molar-refractivity contribution < 1.29 is 99.5 Å². The topological polar surface area (TPSA) is 328 Å². The maximum Gasteiger partial charge on any atom is 0.187 e. The Hall–Kier alpha value is -0.800. The summed E-state index contributed by atoms with van der Waals surface area (Å²) in [6, 6.07) is 0. The fourth-order valence-electron chi connectivity index (χ4n) is 5.23. The van der Waals surface area contributed by atoms with Gasteiger partial charge in [-0.25, -0.2) is 0 Å². The van der Waals surface area contributed by atoms with Gasteiger partial charge in [-0.3, -0.25) is 0 Å². The van der Waals surface area contributed by atoms with E-state index in [1.165, 1.54) is 0 Å². The first-order valence-electron chi connectivity index (χ1n) is 13.5. The van der Waals surface area contributed by atoms with Gasteiger partial charge in [0.15, 0.2) is 25.2 Å². The lowest BCUT2D eigenvalue weighted by Gasteiger charge is -2.48. The van der Waals surface area contributed by atoms with Crippen LogP contribution >= 0.6 is 0 Å². The summed E-state index contributed by atoms with van der Waals surface area (Å²) in [6.45, 7) is -2.92. The molecule has 0 saturated carbocycles. The van der Waals surface area contributed by atoms with Crippen molar-refractivity contribution >= 4 is 0 Å². The molecule has 0 radical (unpaired) electrons. The zero-order valence-electron chi connectivity index (χ0n) is 22.5. The number of aliphatic hydroxyl groups excluding tert-OH is 13. The van der Waals surface area contributed by atoms with Gasteiger partial charge in [0.05, 0.1) is 26.4 Å². The molecule has 20 heteroatoms. The molecule has 0 aromatic rings. The molecule has 0 spiro atoms. The minimum absolute atomic E-state index is 0.430. The summed E-state index contributed by atoms with van der Waals surface area (Å²) < 4.78 is 37.5. The zero-order valence-corrected chi connectivity index (χ0v) is 22.5. The third-order valence-electron chi connectivity index (χ3n) is 7.84. The van der Waals surface area contributed by atoms with Crippen molar-refractivity contribution in [2.24, 2.45) is 0 Å². The van der Waals surface area contributed by atoms with Crippen LogP contribution in [-0.2, 0) is 33.2 Å². The average Bonchev–Trinajstić information content (AvgIpc) is 3.00. The van der Waals surface area contributed by atoms with E-state index in [2.05, 4.69) is 0 Å². The van der Waals surface area contributed by atoms with E-state index in [1.807, 2.05) is 0 Å². The quantitative estimate of drug-likeness (QED) is 0.112. The Balaban J connectivity index is 1.41. The van der Waals surface area contributed by atoms with Gasteiger partial charge in [-0.05, 0) is 0 Å². The number of aliphatic hydroxyl groups is 13. The number of ether oxygens (including phenoxy) is 7. The molecule has 4 rings (SSSR count). The molecule has 0 unspecified atom stereocenters. The molecule has 4 saturated heterocycles. The third kappa shape index (κ3) is 7.13. The third-order valence-corrected chi connectivity index (χ3v) is 7.84. The summed E-state index contributed by atoms with van der Waals surface area (Å²) in [6.07, 6.45) is -32.5. The van der Waals surface area contributed by atoms with Crippen molar-refractivity contribution in [2.45, 2.75) is 117 Å². The van der Waals surface area contributed by atoms with Crippen LogP contribution in [0.1, 0.15) is 0 Å². The SMILES string of the molecule is OC[C@@H]1O[C@H](O[C@H]2[C@@H](O)[C@@H](O)[C@H](O[C@H]3[C@@H](O)[C@@H](O)[C@H](O[C@@H]4CO[C@H](O)[C@@H](O)[C@@H]4O)O[C@H]3CO)O[C@H]2CO)[C@@H](O)[C@H](O)[C@H]1O. The molecule has 0 amide bonds. The van der Waals surface area contributed by atoms with Crippen LogP contribution in [0.25, 0.3) is 0 Å². The Morgan fingerprint density at radius 2 is 0.860 bits per heavy atom. The van der Waals surface area contributed by atoms with E-state index in [1.54, 1.807) is 0 Å². The monoisotopic (exact) mass is 636 g/mol. The highest BCUT2D eigenvalue weighted by atomic mass is 16.8. The Morgan fingerprint density at radius 1 is 0.442 bits per heavy atom. The first-order valence-corrected chi connectivity index (χ1v) is 13.5. The molecular formula is C23H40O20. The maximum absolute atomic E-state index is 10.8. The molecule has 43 heavy (non-hydrogen) atoms. The number of hydrogen-bond donors (Lipinski definition) is 13. The molecule has 13 N–H and O–H groups in total. The van der Waals surface area contributed by atoms with Crippen LogP contribution in [0.4, 0.5) is 0 Å². The minimum atomic E-state index is -1.99. The first-order chi connectivity index (χ1) is 20.3. The standard InChI is InChI=1S/C23H40O20/c24-1-5-9(27)11(29)15(33)22(38-5)42-19-7(3-26)40-23(17(35)13(19)31)43-18-6(2-25)39-21(16(34)12(18)30)41-8-4-37-20(36)14(32)10(8)28/h5-36H,1-4H2/t5-,6-,7-,8+,9-,10+,11+,12-,13-,14-,15-,16+,17+,18+,19+,20-,21-,22+,23-/m0/s1. The lowest BCUT2D eigenvalue weighted by Crippen LogP contribution is -2.67. The van der Waals surface area contributed by atoms with E-state index in [-0.39, 0.29) is 0 Å². The van der Waals surface area contributed by atoms with E-state index in [0.717, 1.165) is 0 Å². The first kappa shape index (κ1) is 35.1. The molecule has 4 aliphatic rings. The lowest BCUT2D eigenvalue weighted by molar-refractivity contribution is -0.384. The summed E-state index contributed by atoms with van der Waals surface area (Å²) in [7, 11) is 0. The summed E-state index contributed by atoms with van der Waals surface area (Å²) in [5, 5.41) is 132. The van der Waals surface area contributed by atoms with E-state index in [9.17, 15) is 66.4 Å². The van der Waals surface area contributed by atoms with Gasteiger partial charge in [-0.2, -0.15) is 0 Å². The van der Waals surface area contributed by atoms with Gasteiger partial charge in [0.2, 0.25) is 0 Å². The molecule has 20 nitrogen and oxygen atoms in total. The molecule has 0 aromatic heterocycles. The van der Waals surface area contributed by atoms with Crippen molar-refractivity contribution in [3.8, 4) is 0 Å². The summed E-state index contributed by atoms with van der Waals surface area (Å²) in [5.74, 6) is 0. The van der Waals surface area contributed by atoms with Crippen LogP contribution < -0.4 is 0 Å². The van der Waals surface area contributed by atoms with Gasteiger partial charge < -0.3 is 99.5 Å². The second-order valence-corrected chi connectivity index (χ2v) is 10.7. The Morgan fingerprint density at radius 3 is 1.33 bits per heavy atom. The second-order valence-electron chi connectivity index (χ2n) is 10.7. The van der Waals surface area contributed by atoms with Crippen molar-refractivity contribution in [1.82, 2.24) is 0 Å². The van der Waals surface area contributed by atoms with Crippen molar-refractivity contribution in [2.75, 3.05) is 26.4 Å². The van der Waals surface area contributed by atoms with Gasteiger partial charge in [0.1, 0.15) is 91.6 Å². The van der Waals surface area contributed by atoms with Gasteiger partial charge in [-0.1, -0.05) is 0 Å². The number of rotatable bonds is 9. The smallest absolute Gasteiger partial charge is 0.187 e. The van der Waals surface area contributed by atoms with Crippen molar-refractivity contribution in [3.05, 3.63) is 0 Å². The van der Waals surface area contributed by atoms with Gasteiger partial charge >= 0.3 is 0 Å². The molecule has 0 bridgehead atoms. The molecule has 0 aromatic carbocycles. The van der Waals surface area contributed by atoms with E-state index < -0.39 is 143 Å². The number of hydrogen-bond acceptors (Lipinski definition) is 20. The van der Waals surface area contributed by atoms with Crippen molar-refractivity contribution in [1.29, 1.82) is 0 Å². The van der Waals surface area contributed by atoms with Gasteiger partial charge in [-0.15, -0.1) is 0 Å². The van der Waals surface area contributed by atoms with Crippen LogP contribution in [-0.4, -0.2) is 210 Å². The van der Waals surface area contributed by atoms with Crippen LogP contribution in [0, 0.1) is 0 Å². The predicted octanol–water partition coefficient (Wildman–Crippen LogP) is -9.11. The minimum Gasteiger partial charge on any atom is -0.394 e. The summed E-state index contributed by atoms with van der Waals surface area (Å²) in [4.78, 5) is 0. The molecule has 0 aliphatic carbocycles. The Kier molecular flexibility index (Phi) is 12.0. The van der Waals surface area contributed by atoms with Crippen molar-refractivity contribution in [3.63, 3.8) is 0 Å². The highest BCUT2D eigenvalue weighted by molar-refractivity contribution is 4.97. The largest absolute Gasteiger partial charge is 0.394 e. The van der Waals surface area contributed by atoms with Crippen LogP contribution in [0.2, 0.25) is 0 Å². The molecule has 252 valence electrons. The highest BCUT2D eigenvalue weighted by Gasteiger charge is 2.54. The molecule has 4 heterocycles. The molecule has 4 fully saturated rings. The summed E-state index contributed by atoms with van der Waals surface area (Å²) in [5.41, 5.74) is 0.